The van der Waals surface area contributed by atoms with E-state index in [9.17, 15) is 39.0 Å². The monoisotopic (exact) mass is 2140 g/mol. The summed E-state index contributed by atoms with van der Waals surface area (Å²) in [4.78, 5) is 66.2. The van der Waals surface area contributed by atoms with Crippen molar-refractivity contribution in [3.63, 3.8) is 0 Å². The van der Waals surface area contributed by atoms with E-state index < -0.39 is 11.2 Å². The van der Waals surface area contributed by atoms with Crippen LogP contribution in [0.1, 0.15) is 245 Å². The number of hydrogen-bond acceptors (Lipinski definition) is 13. The van der Waals surface area contributed by atoms with Crippen molar-refractivity contribution in [2.45, 2.75) is 218 Å². The Morgan fingerprint density at radius 2 is 0.546 bits per heavy atom. The van der Waals surface area contributed by atoms with Crippen LogP contribution in [0.2, 0.25) is 0 Å². The predicted molar refractivity (Wildman–Crippen MR) is 376 cm³/mol. The number of benzene rings is 4. The SMILES string of the molecule is C1CCCC1.C1CCCC1.C1CCCC1.C1CCCC1.COC(=O)CCC(=C(c1ccc(O)cc1)c1ccc(O)cc1)C1CCCC1.COC(=O)CCC(=O)C1CCCC1.COC(=O)CCC(=O)Cl.O=C(c1ccc(O)cc1)c1ccc(O)cc1.[CH3-].[CH3-].[CH3-].[CH3-].[CH3-].[CH3-].[Ru+2].[Ru+2].[Ru+2].[W].[W].[W]. The maximum atomic E-state index is 11.9. The number of esters is 3. The molecule has 4 aromatic carbocycles. The normalized spacial score (nSPS) is 13.6. The van der Waals surface area contributed by atoms with Gasteiger partial charge in [0.25, 0.3) is 0 Å². The Kier molecular flexibility index (Phi) is 87.3. The molecule has 0 amide bonds. The van der Waals surface area contributed by atoms with Crippen LogP contribution in [-0.2, 0) is 160 Å². The fourth-order valence-corrected chi connectivity index (χ4v) is 11.0. The number of methoxy groups -OCH3 is 3. The van der Waals surface area contributed by atoms with Crippen LogP contribution >= 0.6 is 11.6 Å². The Hall–Kier alpha value is -2.53. The van der Waals surface area contributed by atoms with E-state index in [-0.39, 0.29) is 238 Å². The van der Waals surface area contributed by atoms with Gasteiger partial charge in [-0.15, -0.1) is 0 Å². The van der Waals surface area contributed by atoms with Crippen LogP contribution in [0.4, 0.5) is 0 Å². The largest absolute Gasteiger partial charge is 2.00 e. The van der Waals surface area contributed by atoms with Gasteiger partial charge in [-0.25, -0.2) is 0 Å². The van der Waals surface area contributed by atoms with Crippen LogP contribution in [0.25, 0.3) is 5.57 Å². The van der Waals surface area contributed by atoms with Crippen molar-refractivity contribution in [1.29, 1.82) is 0 Å². The summed E-state index contributed by atoms with van der Waals surface area (Å²) >= 11 is 4.93. The molecule has 13 nitrogen and oxygen atoms in total. The smallest absolute Gasteiger partial charge is 0.508 e. The standard InChI is InChI=1S/C23H26O4.C13H10O3.C10H16O3.C5H7ClO3.4C5H10.6CH3.3Ru.3W/c1-27-22(26)15-14-21(16-4-2-3-5-16)23(17-6-10-19(24)11-7-17)18-8-12-20(25)13-9-18;14-11-5-1-9(2-6-11)13(16)10-3-7-12(15)8-4-10;1-13-10(12)7-6-9(11)8-4-2-3-5-8;1-9-5(8)3-2-4(6)7;4*1-2-4-5-3-1;;;;;;;;;;;;/h6-13,16,24-25H,2-5,14-15H2,1H3;1-8,14-15H;8H,2-7H2,1H3;2-3H2,1H3;4*1-5H2;6*1H3;;;;;;/q;;;;;;;;6*-1;3*+2;;;. The number of allylic oxidation sites excluding steroid dienone is 1. The van der Waals surface area contributed by atoms with E-state index >= 15 is 0 Å². The maximum Gasteiger partial charge on any atom is 2.00 e. The third-order valence-electron chi connectivity index (χ3n) is 15.9. The second kappa shape index (κ2) is 73.2. The number of Topliss-reactive ketones (excluding diaryl/α,β-unsaturated/α-hetero) is 1. The molecule has 0 bridgehead atoms. The summed E-state index contributed by atoms with van der Waals surface area (Å²) in [5.41, 5.74) is 5.36. The zero-order valence-electron chi connectivity index (χ0n) is 59.6. The Balaban J connectivity index is -0.000000118. The van der Waals surface area contributed by atoms with Crippen molar-refractivity contribution in [1.82, 2.24) is 0 Å². The molecule has 552 valence electrons. The first kappa shape index (κ1) is 116. The van der Waals surface area contributed by atoms with Crippen LogP contribution in [0.3, 0.4) is 0 Å². The summed E-state index contributed by atoms with van der Waals surface area (Å²) in [7, 11) is 4.03. The van der Waals surface area contributed by atoms with Crippen molar-refractivity contribution in [3.8, 4) is 23.0 Å². The van der Waals surface area contributed by atoms with Gasteiger partial charge in [-0.1, -0.05) is 184 Å². The average molecular weight is 2140 g/mol. The van der Waals surface area contributed by atoms with Crippen LogP contribution in [0.15, 0.2) is 103 Å². The van der Waals surface area contributed by atoms with Crippen molar-refractivity contribution in [2.75, 3.05) is 21.3 Å². The summed E-state index contributed by atoms with van der Waals surface area (Å²) in [5, 5.41) is 37.1. The van der Waals surface area contributed by atoms with Gasteiger partial charge in [0.15, 0.2) is 5.78 Å². The van der Waals surface area contributed by atoms with E-state index in [0.29, 0.717) is 36.3 Å². The van der Waals surface area contributed by atoms with Gasteiger partial charge in [-0.05, 0) is 139 Å². The van der Waals surface area contributed by atoms with Crippen LogP contribution in [0, 0.1) is 56.4 Å². The molecule has 20 heteroatoms. The van der Waals surface area contributed by atoms with E-state index in [1.165, 1.54) is 192 Å². The van der Waals surface area contributed by atoms with Gasteiger partial charge in [0.05, 0.1) is 34.2 Å². The molecule has 0 spiro atoms. The molecule has 10 rings (SSSR count). The molecule has 0 radical (unpaired) electrons. The number of phenols is 4. The number of halogens is 1. The van der Waals surface area contributed by atoms with Crippen molar-refractivity contribution in [2.24, 2.45) is 11.8 Å². The molecular formula is C77H117ClO13Ru3W3. The van der Waals surface area contributed by atoms with Gasteiger partial charge < -0.3 is 79.2 Å². The molecule has 4 aromatic rings. The first-order valence-electron chi connectivity index (χ1n) is 31.5. The van der Waals surface area contributed by atoms with E-state index in [1.54, 1.807) is 48.5 Å². The van der Waals surface area contributed by atoms with E-state index in [0.717, 1.165) is 55.2 Å². The third kappa shape index (κ3) is 53.9. The Labute approximate surface area is 674 Å². The van der Waals surface area contributed by atoms with Gasteiger partial charge in [0.2, 0.25) is 5.24 Å². The van der Waals surface area contributed by atoms with Gasteiger partial charge in [-0.3, -0.25) is 28.8 Å². The molecule has 97 heavy (non-hydrogen) atoms. The number of carbonyl (C=O) groups excluding carboxylic acids is 6. The van der Waals surface area contributed by atoms with E-state index in [4.69, 9.17) is 26.6 Å². The Bertz CT molecular complexity index is 2380. The number of aromatic hydroxyl groups is 4. The minimum Gasteiger partial charge on any atom is -0.508 e. The molecule has 4 N–H and O–H groups in total. The van der Waals surface area contributed by atoms with E-state index in [1.807, 2.05) is 24.3 Å². The minimum absolute atomic E-state index is 0. The zero-order valence-corrected chi connectivity index (χ0v) is 74.3. The molecule has 0 aromatic heterocycles. The second-order valence-corrected chi connectivity index (χ2v) is 22.9. The summed E-state index contributed by atoms with van der Waals surface area (Å²) in [6, 6.07) is 26.5. The zero-order chi connectivity index (χ0) is 61.9. The van der Waals surface area contributed by atoms with Gasteiger partial charge in [0, 0.05) is 99.5 Å². The fourth-order valence-electron chi connectivity index (χ4n) is 10.9. The molecule has 0 saturated heterocycles. The average Bonchev–Trinajstić information content (AvgIpc) is 1.73. The first-order chi connectivity index (χ1) is 41.1. The van der Waals surface area contributed by atoms with Crippen molar-refractivity contribution in [3.05, 3.63) is 169 Å². The molecule has 6 fully saturated rings. The second-order valence-electron chi connectivity index (χ2n) is 22.5. The molecular weight excluding hydrogens is 2020 g/mol. The number of carbonyl (C=O) groups is 6. The predicted octanol–water partition coefficient (Wildman–Crippen LogP) is 20.3. The number of phenolic OH excluding ortho intramolecular Hbond substituents is 4. The minimum atomic E-state index is -0.514. The number of hydrogen-bond donors (Lipinski definition) is 4. The van der Waals surface area contributed by atoms with Crippen molar-refractivity contribution >= 4 is 51.9 Å². The number of ether oxygens (including phenoxy) is 3. The number of ketones is 2. The summed E-state index contributed by atoms with van der Waals surface area (Å²) in [5.74, 6) is 0.558. The Morgan fingerprint density at radius 3 is 0.784 bits per heavy atom. The molecule has 6 aliphatic carbocycles. The molecule has 6 saturated carbocycles. The van der Waals surface area contributed by atoms with Crippen molar-refractivity contribution < 1.29 is 185 Å². The topological polar surface area (TPSA) is 211 Å². The third-order valence-corrected chi connectivity index (χ3v) is 16.1. The number of rotatable bonds is 15. The van der Waals surface area contributed by atoms with Crippen LogP contribution < -0.4 is 0 Å². The molecule has 0 atom stereocenters. The summed E-state index contributed by atoms with van der Waals surface area (Å²) < 4.78 is 13.6. The van der Waals surface area contributed by atoms with Crippen LogP contribution in [-0.4, -0.2) is 76.5 Å². The van der Waals surface area contributed by atoms with Gasteiger partial charge in [0.1, 0.15) is 28.8 Å². The first-order valence-corrected chi connectivity index (χ1v) is 31.9. The quantitative estimate of drug-likeness (QED) is 0.0218. The maximum absolute atomic E-state index is 11.9. The fraction of sp³-hybridized carbons (Fsp3) is 0.506. The van der Waals surface area contributed by atoms with Gasteiger partial charge in [-0.2, -0.15) is 0 Å². The Morgan fingerprint density at radius 1 is 0.330 bits per heavy atom. The molecule has 6 aliphatic rings. The molecule has 0 aliphatic heterocycles. The molecule has 0 heterocycles. The van der Waals surface area contributed by atoms with Crippen LogP contribution in [0.5, 0.6) is 23.0 Å². The molecule has 0 unspecified atom stereocenters. The van der Waals surface area contributed by atoms with Gasteiger partial charge >= 0.3 is 76.3 Å². The summed E-state index contributed by atoms with van der Waals surface area (Å²) in [6.45, 7) is 0. The summed E-state index contributed by atoms with van der Waals surface area (Å²) in [6.07, 6.45) is 40.7. The van der Waals surface area contributed by atoms with E-state index in [2.05, 4.69) is 9.47 Å².